The van der Waals surface area contributed by atoms with Crippen molar-refractivity contribution in [2.45, 2.75) is 19.3 Å². The summed E-state index contributed by atoms with van der Waals surface area (Å²) in [6.45, 7) is 4.82. The lowest BCUT2D eigenvalue weighted by atomic mass is 9.84. The lowest BCUT2D eigenvalue weighted by molar-refractivity contribution is 0.259. The molecule has 1 aromatic heterocycles. The van der Waals surface area contributed by atoms with Crippen molar-refractivity contribution >= 4 is 28.8 Å². The van der Waals surface area contributed by atoms with E-state index in [-0.39, 0.29) is 10.7 Å². The molecule has 0 unspecified atom stereocenters. The molecule has 1 amide bonds. The number of para-hydroxylation sites is 1. The molecule has 0 spiro atoms. The van der Waals surface area contributed by atoms with Gasteiger partial charge >= 0.3 is 0 Å². The van der Waals surface area contributed by atoms with Crippen LogP contribution < -0.4 is 5.32 Å². The van der Waals surface area contributed by atoms with Gasteiger partial charge < -0.3 is 9.88 Å². The van der Waals surface area contributed by atoms with E-state index in [1.165, 1.54) is 16.5 Å². The predicted octanol–water partition coefficient (Wildman–Crippen LogP) is 3.10. The van der Waals surface area contributed by atoms with Crippen LogP contribution in [0.5, 0.6) is 0 Å². The zero-order valence-corrected chi connectivity index (χ0v) is 11.8. The zero-order valence-electron chi connectivity index (χ0n) is 10.9. The number of amides is 1. The molecule has 0 bridgehead atoms. The second-order valence-electron chi connectivity index (χ2n) is 5.21. The molecule has 1 heterocycles. The Hall–Kier alpha value is -1.42. The Bertz CT molecular complexity index is 586. The van der Waals surface area contributed by atoms with E-state index >= 15 is 0 Å². The van der Waals surface area contributed by atoms with Crippen LogP contribution in [0.15, 0.2) is 30.5 Å². The molecule has 96 valence electrons. The van der Waals surface area contributed by atoms with Gasteiger partial charge in [0.25, 0.3) is 5.24 Å². The Morgan fingerprint density at radius 1 is 1.39 bits per heavy atom. The molecule has 0 saturated carbocycles. The van der Waals surface area contributed by atoms with E-state index in [1.54, 1.807) is 0 Å². The highest BCUT2D eigenvalue weighted by molar-refractivity contribution is 7.96. The highest BCUT2D eigenvalue weighted by atomic mass is 32.1. The van der Waals surface area contributed by atoms with Gasteiger partial charge in [-0.3, -0.25) is 4.79 Å². The molecule has 0 atom stereocenters. The normalized spacial score (nSPS) is 11.8. The maximum Gasteiger partial charge on any atom is 0.276 e. The number of rotatable bonds is 3. The Morgan fingerprint density at radius 3 is 2.72 bits per heavy atom. The Balaban J connectivity index is 2.43. The average molecular weight is 262 g/mol. The van der Waals surface area contributed by atoms with Crippen LogP contribution in [0, 0.1) is 0 Å². The number of benzene rings is 1. The van der Waals surface area contributed by atoms with E-state index in [1.807, 2.05) is 19.2 Å². The number of aromatic nitrogens is 1. The smallest absolute Gasteiger partial charge is 0.276 e. The van der Waals surface area contributed by atoms with Crippen molar-refractivity contribution < 1.29 is 4.79 Å². The van der Waals surface area contributed by atoms with Crippen molar-refractivity contribution in [2.24, 2.45) is 7.05 Å². The van der Waals surface area contributed by atoms with Crippen LogP contribution in [-0.4, -0.2) is 16.4 Å². The van der Waals surface area contributed by atoms with Gasteiger partial charge in [-0.05, 0) is 11.6 Å². The molecule has 18 heavy (non-hydrogen) atoms. The minimum atomic E-state index is -0.289. The summed E-state index contributed by atoms with van der Waals surface area (Å²) in [6.07, 6.45) is 2.13. The van der Waals surface area contributed by atoms with Gasteiger partial charge in [-0.1, -0.05) is 44.7 Å². The van der Waals surface area contributed by atoms with Gasteiger partial charge in [0.15, 0.2) is 0 Å². The fourth-order valence-corrected chi connectivity index (χ4v) is 2.35. The summed E-state index contributed by atoms with van der Waals surface area (Å²) in [4.78, 5) is 10.9. The quantitative estimate of drug-likeness (QED) is 0.819. The number of carbonyl (C=O) groups excluding carboxylic acids is 1. The second kappa shape index (κ2) is 4.69. The molecule has 1 aromatic carbocycles. The molecule has 0 radical (unpaired) electrons. The standard InChI is InChI=1S/C14H18N2OS/c1-14(2,9-15-13(17)18)11-8-16(3)12-7-5-4-6-10(11)12/h4-8H,9H2,1-3H3,(H2,15,17,18). The lowest BCUT2D eigenvalue weighted by Gasteiger charge is -2.24. The predicted molar refractivity (Wildman–Crippen MR) is 78.3 cm³/mol. The van der Waals surface area contributed by atoms with E-state index in [2.05, 4.69) is 54.7 Å². The number of carbonyl (C=O) groups is 1. The van der Waals surface area contributed by atoms with E-state index in [9.17, 15) is 4.79 Å². The fraction of sp³-hybridized carbons (Fsp3) is 0.357. The molecular formula is C14H18N2OS. The van der Waals surface area contributed by atoms with Crippen LogP contribution in [0.2, 0.25) is 0 Å². The van der Waals surface area contributed by atoms with Gasteiger partial charge in [-0.25, -0.2) is 0 Å². The first-order valence-corrected chi connectivity index (χ1v) is 6.38. The van der Waals surface area contributed by atoms with Crippen molar-refractivity contribution in [3.05, 3.63) is 36.0 Å². The highest BCUT2D eigenvalue weighted by Gasteiger charge is 2.24. The van der Waals surface area contributed by atoms with Crippen molar-refractivity contribution in [3.8, 4) is 0 Å². The summed E-state index contributed by atoms with van der Waals surface area (Å²) in [5.74, 6) is 0. The molecular weight excluding hydrogens is 244 g/mol. The first-order chi connectivity index (χ1) is 8.42. The van der Waals surface area contributed by atoms with Crippen molar-refractivity contribution in [1.82, 2.24) is 9.88 Å². The third kappa shape index (κ3) is 2.38. The molecule has 2 aromatic rings. The Kier molecular flexibility index (Phi) is 3.39. The van der Waals surface area contributed by atoms with E-state index in [0.29, 0.717) is 6.54 Å². The summed E-state index contributed by atoms with van der Waals surface area (Å²) in [5, 5.41) is 3.72. The fourth-order valence-electron chi connectivity index (χ4n) is 2.27. The number of hydrogen-bond acceptors (Lipinski definition) is 1. The van der Waals surface area contributed by atoms with Crippen LogP contribution in [0.3, 0.4) is 0 Å². The van der Waals surface area contributed by atoms with E-state index in [0.717, 1.165) is 0 Å². The van der Waals surface area contributed by atoms with Crippen molar-refractivity contribution in [1.29, 1.82) is 0 Å². The molecule has 0 aliphatic heterocycles. The largest absolute Gasteiger partial charge is 0.350 e. The molecule has 0 saturated heterocycles. The molecule has 3 nitrogen and oxygen atoms in total. The minimum absolute atomic E-state index is 0.126. The topological polar surface area (TPSA) is 34.0 Å². The highest BCUT2D eigenvalue weighted by Crippen LogP contribution is 2.31. The third-order valence-electron chi connectivity index (χ3n) is 3.31. The summed E-state index contributed by atoms with van der Waals surface area (Å²) in [5.41, 5.74) is 2.32. The minimum Gasteiger partial charge on any atom is -0.350 e. The Labute approximate surface area is 113 Å². The first kappa shape index (κ1) is 13.0. The van der Waals surface area contributed by atoms with Crippen LogP contribution >= 0.6 is 12.6 Å². The third-order valence-corrected chi connectivity index (χ3v) is 3.47. The molecule has 4 heteroatoms. The van der Waals surface area contributed by atoms with Gasteiger partial charge in [0, 0.05) is 36.1 Å². The van der Waals surface area contributed by atoms with Crippen LogP contribution in [0.1, 0.15) is 19.4 Å². The summed E-state index contributed by atoms with van der Waals surface area (Å²) < 4.78 is 2.12. The van der Waals surface area contributed by atoms with Crippen molar-refractivity contribution in [2.75, 3.05) is 6.54 Å². The zero-order chi connectivity index (χ0) is 13.3. The number of thiol groups is 1. The molecule has 0 aliphatic rings. The van der Waals surface area contributed by atoms with Crippen LogP contribution in [0.25, 0.3) is 10.9 Å². The van der Waals surface area contributed by atoms with E-state index < -0.39 is 0 Å². The monoisotopic (exact) mass is 262 g/mol. The number of fused-ring (bicyclic) bond motifs is 1. The first-order valence-electron chi connectivity index (χ1n) is 5.93. The van der Waals surface area contributed by atoms with Crippen molar-refractivity contribution in [3.63, 3.8) is 0 Å². The summed E-state index contributed by atoms with van der Waals surface area (Å²) >= 11 is 3.75. The van der Waals surface area contributed by atoms with Gasteiger partial charge in [0.2, 0.25) is 0 Å². The van der Waals surface area contributed by atoms with Gasteiger partial charge in [-0.2, -0.15) is 0 Å². The summed E-state index contributed by atoms with van der Waals surface area (Å²) in [6, 6.07) is 8.30. The molecule has 1 N–H and O–H groups in total. The number of nitrogens with one attached hydrogen (secondary N) is 1. The molecule has 2 rings (SSSR count). The van der Waals surface area contributed by atoms with Gasteiger partial charge in [0.1, 0.15) is 0 Å². The number of aryl methyl sites for hydroxylation is 1. The second-order valence-corrected chi connectivity index (χ2v) is 5.62. The number of hydrogen-bond donors (Lipinski definition) is 2. The molecule has 0 aliphatic carbocycles. The summed E-state index contributed by atoms with van der Waals surface area (Å²) in [7, 11) is 2.04. The molecule has 0 fully saturated rings. The van der Waals surface area contributed by atoms with Crippen LogP contribution in [-0.2, 0) is 12.5 Å². The SMILES string of the molecule is Cn1cc(C(C)(C)CNC(=O)S)c2ccccc21. The number of nitrogens with zero attached hydrogens (tertiary/aromatic N) is 1. The Morgan fingerprint density at radius 2 is 2.06 bits per heavy atom. The lowest BCUT2D eigenvalue weighted by Crippen LogP contribution is -2.34. The maximum absolute atomic E-state index is 10.9. The van der Waals surface area contributed by atoms with E-state index in [4.69, 9.17) is 0 Å². The van der Waals surface area contributed by atoms with Gasteiger partial charge in [-0.15, -0.1) is 0 Å². The maximum atomic E-state index is 10.9. The average Bonchev–Trinajstić information content (AvgIpc) is 2.66. The van der Waals surface area contributed by atoms with Crippen LogP contribution in [0.4, 0.5) is 4.79 Å². The van der Waals surface area contributed by atoms with Gasteiger partial charge in [0.05, 0.1) is 0 Å².